The first-order valence-electron chi connectivity index (χ1n) is 10.6. The van der Waals surface area contributed by atoms with Gasteiger partial charge >= 0.3 is 0 Å². The summed E-state index contributed by atoms with van der Waals surface area (Å²) in [4.78, 5) is 19.6. The van der Waals surface area contributed by atoms with Crippen LogP contribution in [0.5, 0.6) is 0 Å². The molecule has 2 aromatic carbocycles. The number of nitrogens with zero attached hydrogens (tertiary/aromatic N) is 2. The lowest BCUT2D eigenvalue weighted by Gasteiger charge is -2.39. The van der Waals surface area contributed by atoms with Crippen LogP contribution in [0.1, 0.15) is 43.5 Å². The van der Waals surface area contributed by atoms with E-state index in [9.17, 15) is 14.3 Å². The summed E-state index contributed by atoms with van der Waals surface area (Å²) in [6, 6.07) is 10.1. The minimum atomic E-state index is -0.666. The van der Waals surface area contributed by atoms with E-state index in [2.05, 4.69) is 23.6 Å². The number of hydrogen-bond donors (Lipinski definition) is 3. The monoisotopic (exact) mass is 474 g/mol. The quantitative estimate of drug-likeness (QED) is 0.428. The SMILES string of the molecule is CC(C)CC1(O)CCN(C(=O)c2ccc(NSc3cc(F)cc4sc(N)nc34)cc2)CC1. The average molecular weight is 475 g/mol. The van der Waals surface area contributed by atoms with Crippen molar-refractivity contribution in [3.05, 3.63) is 47.8 Å². The molecule has 0 bridgehead atoms. The first-order valence-corrected chi connectivity index (χ1v) is 12.3. The Hall–Kier alpha value is -2.36. The number of carbonyl (C=O) groups is 1. The van der Waals surface area contributed by atoms with Gasteiger partial charge in [0.05, 0.1) is 20.7 Å². The highest BCUT2D eigenvalue weighted by Crippen LogP contribution is 2.34. The fourth-order valence-electron chi connectivity index (χ4n) is 4.13. The molecule has 1 aliphatic rings. The number of likely N-dealkylation sites (tertiary alicyclic amines) is 1. The molecule has 0 saturated carbocycles. The highest BCUT2D eigenvalue weighted by Gasteiger charge is 2.34. The van der Waals surface area contributed by atoms with Crippen molar-refractivity contribution in [2.24, 2.45) is 5.92 Å². The van der Waals surface area contributed by atoms with Crippen LogP contribution >= 0.6 is 23.3 Å². The molecule has 0 radical (unpaired) electrons. The smallest absolute Gasteiger partial charge is 0.253 e. The number of thiazole rings is 1. The molecule has 2 heterocycles. The van der Waals surface area contributed by atoms with Gasteiger partial charge in [-0.1, -0.05) is 25.2 Å². The van der Waals surface area contributed by atoms with Crippen LogP contribution in [0.3, 0.4) is 0 Å². The van der Waals surface area contributed by atoms with E-state index in [0.717, 1.165) is 12.1 Å². The van der Waals surface area contributed by atoms with Crippen molar-refractivity contribution in [2.75, 3.05) is 23.5 Å². The molecule has 1 fully saturated rings. The molecule has 1 aromatic heterocycles. The number of rotatable bonds is 6. The van der Waals surface area contributed by atoms with E-state index < -0.39 is 5.60 Å². The molecule has 0 spiro atoms. The third-order valence-electron chi connectivity index (χ3n) is 5.62. The Kier molecular flexibility index (Phi) is 6.60. The third kappa shape index (κ3) is 5.16. The molecule has 1 aliphatic heterocycles. The summed E-state index contributed by atoms with van der Waals surface area (Å²) < 4.78 is 17.8. The molecule has 1 amide bonds. The largest absolute Gasteiger partial charge is 0.390 e. The number of aliphatic hydroxyl groups is 1. The maximum absolute atomic E-state index is 13.9. The van der Waals surface area contributed by atoms with Gasteiger partial charge in [-0.2, -0.15) is 0 Å². The lowest BCUT2D eigenvalue weighted by Crippen LogP contribution is -2.47. The number of amides is 1. The summed E-state index contributed by atoms with van der Waals surface area (Å²) in [6.45, 7) is 5.33. The number of hydrogen-bond acceptors (Lipinski definition) is 7. The van der Waals surface area contributed by atoms with E-state index in [4.69, 9.17) is 5.73 Å². The van der Waals surface area contributed by atoms with Gasteiger partial charge in [0.1, 0.15) is 5.82 Å². The molecule has 0 aliphatic carbocycles. The maximum atomic E-state index is 13.9. The Labute approximate surface area is 195 Å². The molecule has 6 nitrogen and oxygen atoms in total. The summed E-state index contributed by atoms with van der Waals surface area (Å²) in [7, 11) is 0. The van der Waals surface area contributed by atoms with Crippen molar-refractivity contribution in [3.63, 3.8) is 0 Å². The van der Waals surface area contributed by atoms with Crippen molar-refractivity contribution in [1.29, 1.82) is 0 Å². The number of nitrogens with two attached hydrogens (primary N) is 1. The van der Waals surface area contributed by atoms with Crippen LogP contribution < -0.4 is 10.5 Å². The maximum Gasteiger partial charge on any atom is 0.253 e. The molecular weight excluding hydrogens is 447 g/mol. The third-order valence-corrected chi connectivity index (χ3v) is 7.32. The van der Waals surface area contributed by atoms with Crippen molar-refractivity contribution in [2.45, 2.75) is 43.6 Å². The van der Waals surface area contributed by atoms with Gasteiger partial charge in [0.25, 0.3) is 5.91 Å². The number of anilines is 2. The van der Waals surface area contributed by atoms with Crippen LogP contribution in [0.4, 0.5) is 15.2 Å². The van der Waals surface area contributed by atoms with E-state index in [-0.39, 0.29) is 11.7 Å². The number of halogens is 1. The number of nitrogen functional groups attached to an aromatic ring is 1. The molecule has 1 saturated heterocycles. The number of benzene rings is 2. The number of piperidine rings is 1. The van der Waals surface area contributed by atoms with Crippen LogP contribution in [0.15, 0.2) is 41.3 Å². The van der Waals surface area contributed by atoms with Gasteiger partial charge in [0, 0.05) is 24.3 Å². The zero-order chi connectivity index (χ0) is 22.9. The van der Waals surface area contributed by atoms with Crippen LogP contribution in [-0.4, -0.2) is 39.6 Å². The predicted octanol–water partition coefficient (Wildman–Crippen LogP) is 5.15. The lowest BCUT2D eigenvalue weighted by atomic mass is 9.84. The Morgan fingerprint density at radius 2 is 2.00 bits per heavy atom. The van der Waals surface area contributed by atoms with Gasteiger partial charge in [-0.3, -0.25) is 4.79 Å². The Bertz CT molecular complexity index is 1110. The Morgan fingerprint density at radius 3 is 2.66 bits per heavy atom. The van der Waals surface area contributed by atoms with Crippen LogP contribution in [0, 0.1) is 11.7 Å². The molecular formula is C23H27FN4O2S2. The molecule has 0 unspecified atom stereocenters. The van der Waals surface area contributed by atoms with Crippen LogP contribution in [-0.2, 0) is 0 Å². The van der Waals surface area contributed by atoms with E-state index in [1.165, 1.54) is 35.4 Å². The highest BCUT2D eigenvalue weighted by atomic mass is 32.2. The zero-order valence-electron chi connectivity index (χ0n) is 18.1. The standard InChI is InChI=1S/C23H27FN4O2S2/c1-14(2)13-23(30)7-9-28(10-8-23)21(29)15-3-5-17(6-4-15)27-32-19-12-16(24)11-18-20(19)26-22(25)31-18/h3-6,11-12,14,27,30H,7-10,13H2,1-2H3,(H2,25,26). The first kappa shape index (κ1) is 22.8. The van der Waals surface area contributed by atoms with Crippen molar-refractivity contribution < 1.29 is 14.3 Å². The second kappa shape index (κ2) is 9.25. The molecule has 32 heavy (non-hydrogen) atoms. The molecule has 4 rings (SSSR count). The summed E-state index contributed by atoms with van der Waals surface area (Å²) in [5.41, 5.74) is 7.16. The topological polar surface area (TPSA) is 91.5 Å². The van der Waals surface area contributed by atoms with E-state index >= 15 is 0 Å². The minimum absolute atomic E-state index is 0.0272. The number of fused-ring (bicyclic) bond motifs is 1. The molecule has 4 N–H and O–H groups in total. The van der Waals surface area contributed by atoms with E-state index in [1.54, 1.807) is 12.1 Å². The Morgan fingerprint density at radius 1 is 1.31 bits per heavy atom. The second-order valence-corrected chi connectivity index (χ2v) is 10.6. The normalized spacial score (nSPS) is 16.0. The van der Waals surface area contributed by atoms with Crippen LogP contribution in [0.25, 0.3) is 10.2 Å². The highest BCUT2D eigenvalue weighted by molar-refractivity contribution is 8.00. The van der Waals surface area contributed by atoms with Crippen molar-refractivity contribution >= 4 is 50.2 Å². The minimum Gasteiger partial charge on any atom is -0.390 e. The zero-order valence-corrected chi connectivity index (χ0v) is 19.7. The van der Waals surface area contributed by atoms with Crippen molar-refractivity contribution in [1.82, 2.24) is 9.88 Å². The second-order valence-electron chi connectivity index (χ2n) is 8.70. The summed E-state index contributed by atoms with van der Waals surface area (Å²) >= 11 is 2.50. The molecule has 170 valence electrons. The molecule has 0 atom stereocenters. The predicted molar refractivity (Wildman–Crippen MR) is 129 cm³/mol. The fraction of sp³-hybridized carbons (Fsp3) is 0.391. The van der Waals surface area contributed by atoms with Gasteiger partial charge in [-0.05, 0) is 73.5 Å². The summed E-state index contributed by atoms with van der Waals surface area (Å²) in [5.74, 6) is 0.0605. The first-order chi connectivity index (χ1) is 15.2. The van der Waals surface area contributed by atoms with Gasteiger partial charge in [0.2, 0.25) is 0 Å². The fourth-order valence-corrected chi connectivity index (χ4v) is 5.77. The summed E-state index contributed by atoms with van der Waals surface area (Å²) in [5, 5.41) is 11.1. The van der Waals surface area contributed by atoms with Gasteiger partial charge in [-0.25, -0.2) is 9.37 Å². The van der Waals surface area contributed by atoms with Gasteiger partial charge in [-0.15, -0.1) is 0 Å². The van der Waals surface area contributed by atoms with Crippen molar-refractivity contribution in [3.8, 4) is 0 Å². The summed E-state index contributed by atoms with van der Waals surface area (Å²) in [6.07, 6.45) is 1.98. The van der Waals surface area contributed by atoms with E-state index in [0.29, 0.717) is 57.7 Å². The average Bonchev–Trinajstić information content (AvgIpc) is 3.11. The molecule has 3 aromatic rings. The van der Waals surface area contributed by atoms with E-state index in [1.807, 2.05) is 17.0 Å². The van der Waals surface area contributed by atoms with Gasteiger partial charge < -0.3 is 20.5 Å². The Balaban J connectivity index is 1.37. The lowest BCUT2D eigenvalue weighted by molar-refractivity contribution is -0.0311. The number of nitrogens with one attached hydrogen (secondary N) is 1. The number of aromatic nitrogens is 1. The van der Waals surface area contributed by atoms with Crippen LogP contribution in [0.2, 0.25) is 0 Å². The molecule has 9 heteroatoms. The van der Waals surface area contributed by atoms with Gasteiger partial charge in [0.15, 0.2) is 5.13 Å². The number of carbonyl (C=O) groups excluding carboxylic acids is 1.